The lowest BCUT2D eigenvalue weighted by Gasteiger charge is -2.04. The summed E-state index contributed by atoms with van der Waals surface area (Å²) in [5.74, 6) is 0. The summed E-state index contributed by atoms with van der Waals surface area (Å²) >= 11 is 6.64. The van der Waals surface area contributed by atoms with E-state index in [2.05, 4.69) is 41.8 Å². The predicted molar refractivity (Wildman–Crippen MR) is 67.3 cm³/mol. The topological polar surface area (TPSA) is 51.8 Å². The van der Waals surface area contributed by atoms with E-state index in [0.717, 1.165) is 14.6 Å². The van der Waals surface area contributed by atoms with Gasteiger partial charge in [0, 0.05) is 21.3 Å². The van der Waals surface area contributed by atoms with Gasteiger partial charge in [0.05, 0.1) is 11.4 Å². The van der Waals surface area contributed by atoms with Crippen LogP contribution in [0.25, 0.3) is 11.4 Å². The molecule has 3 nitrogen and oxygen atoms in total. The Kier molecular flexibility index (Phi) is 3.02. The molecular formula is C10H7Br2N3. The SMILES string of the molecule is Nc1cc(Br)cnc1-c1ccc(Br)cn1. The molecule has 76 valence electrons. The fourth-order valence-corrected chi connectivity index (χ4v) is 1.77. The Hall–Kier alpha value is -0.940. The van der Waals surface area contributed by atoms with Crippen LogP contribution in [-0.2, 0) is 0 Å². The number of nitrogens with zero attached hydrogens (tertiary/aromatic N) is 2. The maximum absolute atomic E-state index is 5.85. The highest BCUT2D eigenvalue weighted by Crippen LogP contribution is 2.24. The Morgan fingerprint density at radius 3 is 2.33 bits per heavy atom. The monoisotopic (exact) mass is 327 g/mol. The van der Waals surface area contributed by atoms with Crippen molar-refractivity contribution >= 4 is 37.5 Å². The fourth-order valence-electron chi connectivity index (χ4n) is 1.18. The van der Waals surface area contributed by atoms with Gasteiger partial charge in [0.15, 0.2) is 0 Å². The number of aromatic nitrogens is 2. The van der Waals surface area contributed by atoms with Crippen LogP contribution in [0.5, 0.6) is 0 Å². The smallest absolute Gasteiger partial charge is 0.112 e. The first kappa shape index (κ1) is 10.6. The van der Waals surface area contributed by atoms with Crippen LogP contribution in [0.4, 0.5) is 5.69 Å². The lowest BCUT2D eigenvalue weighted by molar-refractivity contribution is 1.23. The number of nitrogen functional groups attached to an aromatic ring is 1. The van der Waals surface area contributed by atoms with E-state index < -0.39 is 0 Å². The van der Waals surface area contributed by atoms with Crippen molar-refractivity contribution in [3.8, 4) is 11.4 Å². The van der Waals surface area contributed by atoms with Gasteiger partial charge in [-0.25, -0.2) is 0 Å². The Morgan fingerprint density at radius 1 is 1.00 bits per heavy atom. The molecule has 5 heteroatoms. The van der Waals surface area contributed by atoms with Crippen molar-refractivity contribution in [3.63, 3.8) is 0 Å². The van der Waals surface area contributed by atoms with Crippen molar-refractivity contribution in [3.05, 3.63) is 39.5 Å². The molecule has 0 aliphatic rings. The van der Waals surface area contributed by atoms with Gasteiger partial charge in [0.1, 0.15) is 5.69 Å². The van der Waals surface area contributed by atoms with Gasteiger partial charge in [-0.05, 0) is 50.1 Å². The maximum Gasteiger partial charge on any atom is 0.112 e. The van der Waals surface area contributed by atoms with Crippen LogP contribution in [0.3, 0.4) is 0 Å². The molecule has 2 rings (SSSR count). The quantitative estimate of drug-likeness (QED) is 0.874. The largest absolute Gasteiger partial charge is 0.397 e. The minimum atomic E-state index is 0.610. The van der Waals surface area contributed by atoms with E-state index in [4.69, 9.17) is 5.73 Å². The number of hydrogen-bond acceptors (Lipinski definition) is 3. The summed E-state index contributed by atoms with van der Waals surface area (Å²) in [6, 6.07) is 5.59. The zero-order chi connectivity index (χ0) is 10.8. The molecular weight excluding hydrogens is 322 g/mol. The minimum absolute atomic E-state index is 0.610. The number of nitrogens with two attached hydrogens (primary N) is 1. The van der Waals surface area contributed by atoms with Crippen molar-refractivity contribution in [1.29, 1.82) is 0 Å². The van der Waals surface area contributed by atoms with Crippen molar-refractivity contribution in [2.24, 2.45) is 0 Å². The van der Waals surface area contributed by atoms with E-state index in [1.165, 1.54) is 0 Å². The molecule has 0 unspecified atom stereocenters. The summed E-state index contributed by atoms with van der Waals surface area (Å²) in [5, 5.41) is 0. The highest BCUT2D eigenvalue weighted by atomic mass is 79.9. The average molecular weight is 329 g/mol. The van der Waals surface area contributed by atoms with Gasteiger partial charge in [0.2, 0.25) is 0 Å². The predicted octanol–water partition coefficient (Wildman–Crippen LogP) is 3.25. The number of anilines is 1. The zero-order valence-electron chi connectivity index (χ0n) is 7.61. The second-order valence-electron chi connectivity index (χ2n) is 2.95. The Bertz CT molecular complexity index is 483. The lowest BCUT2D eigenvalue weighted by Crippen LogP contribution is -1.94. The van der Waals surface area contributed by atoms with Crippen molar-refractivity contribution in [1.82, 2.24) is 9.97 Å². The zero-order valence-corrected chi connectivity index (χ0v) is 10.8. The molecule has 2 N–H and O–H groups in total. The number of pyridine rings is 2. The van der Waals surface area contributed by atoms with Crippen LogP contribution in [-0.4, -0.2) is 9.97 Å². The second-order valence-corrected chi connectivity index (χ2v) is 4.78. The molecule has 0 saturated heterocycles. The molecule has 0 aromatic carbocycles. The molecule has 0 spiro atoms. The molecule has 15 heavy (non-hydrogen) atoms. The number of halogens is 2. The Morgan fingerprint density at radius 2 is 1.73 bits per heavy atom. The van der Waals surface area contributed by atoms with Crippen LogP contribution in [0.2, 0.25) is 0 Å². The third-order valence-electron chi connectivity index (χ3n) is 1.85. The van der Waals surface area contributed by atoms with Gasteiger partial charge >= 0.3 is 0 Å². The summed E-state index contributed by atoms with van der Waals surface area (Å²) in [6.07, 6.45) is 3.42. The summed E-state index contributed by atoms with van der Waals surface area (Å²) < 4.78 is 1.79. The summed E-state index contributed by atoms with van der Waals surface area (Å²) in [5.41, 5.74) is 7.92. The van der Waals surface area contributed by atoms with E-state index in [1.807, 2.05) is 18.2 Å². The molecule has 0 aliphatic heterocycles. The molecule has 0 aliphatic carbocycles. The first-order chi connectivity index (χ1) is 7.16. The Labute approximate surface area is 104 Å². The van der Waals surface area contributed by atoms with Crippen molar-refractivity contribution in [2.45, 2.75) is 0 Å². The molecule has 2 heterocycles. The maximum atomic E-state index is 5.85. The van der Waals surface area contributed by atoms with Crippen LogP contribution >= 0.6 is 31.9 Å². The van der Waals surface area contributed by atoms with E-state index in [9.17, 15) is 0 Å². The highest BCUT2D eigenvalue weighted by Gasteiger charge is 2.05. The van der Waals surface area contributed by atoms with Crippen molar-refractivity contribution in [2.75, 3.05) is 5.73 Å². The normalized spacial score (nSPS) is 10.3. The molecule has 0 amide bonds. The van der Waals surface area contributed by atoms with Crippen LogP contribution in [0.1, 0.15) is 0 Å². The van der Waals surface area contributed by atoms with Gasteiger partial charge in [-0.15, -0.1) is 0 Å². The van der Waals surface area contributed by atoms with Gasteiger partial charge < -0.3 is 5.73 Å². The van der Waals surface area contributed by atoms with E-state index >= 15 is 0 Å². The van der Waals surface area contributed by atoms with Crippen LogP contribution in [0.15, 0.2) is 39.5 Å². The van der Waals surface area contributed by atoms with E-state index in [0.29, 0.717) is 11.4 Å². The molecule has 0 radical (unpaired) electrons. The number of hydrogen-bond donors (Lipinski definition) is 1. The van der Waals surface area contributed by atoms with E-state index in [1.54, 1.807) is 12.4 Å². The van der Waals surface area contributed by atoms with Gasteiger partial charge in [-0.2, -0.15) is 0 Å². The molecule has 2 aromatic heterocycles. The molecule has 0 atom stereocenters. The van der Waals surface area contributed by atoms with Gasteiger partial charge in [0.25, 0.3) is 0 Å². The fraction of sp³-hybridized carbons (Fsp3) is 0. The molecule has 0 bridgehead atoms. The van der Waals surface area contributed by atoms with Crippen LogP contribution < -0.4 is 5.73 Å². The standard InChI is InChI=1S/C10H7Br2N3/c11-6-1-2-9(14-4-6)10-8(13)3-7(12)5-15-10/h1-5H,13H2. The summed E-state index contributed by atoms with van der Waals surface area (Å²) in [4.78, 5) is 8.46. The molecule has 0 saturated carbocycles. The average Bonchev–Trinajstić information content (AvgIpc) is 2.20. The van der Waals surface area contributed by atoms with Gasteiger partial charge in [-0.3, -0.25) is 9.97 Å². The first-order valence-electron chi connectivity index (χ1n) is 4.20. The highest BCUT2D eigenvalue weighted by molar-refractivity contribution is 9.10. The molecule has 0 fully saturated rings. The van der Waals surface area contributed by atoms with Crippen LogP contribution in [0, 0.1) is 0 Å². The third kappa shape index (κ3) is 2.35. The molecule has 2 aromatic rings. The lowest BCUT2D eigenvalue weighted by atomic mass is 10.2. The minimum Gasteiger partial charge on any atom is -0.397 e. The summed E-state index contributed by atoms with van der Waals surface area (Å²) in [6.45, 7) is 0. The second kappa shape index (κ2) is 4.28. The Balaban J connectivity index is 2.49. The third-order valence-corrected chi connectivity index (χ3v) is 2.76. The van der Waals surface area contributed by atoms with Crippen molar-refractivity contribution < 1.29 is 0 Å². The summed E-state index contributed by atoms with van der Waals surface area (Å²) in [7, 11) is 0. The van der Waals surface area contributed by atoms with Gasteiger partial charge in [-0.1, -0.05) is 0 Å². The van der Waals surface area contributed by atoms with E-state index in [-0.39, 0.29) is 0 Å². The first-order valence-corrected chi connectivity index (χ1v) is 5.78. The number of rotatable bonds is 1.